The van der Waals surface area contributed by atoms with Gasteiger partial charge in [0.05, 0.1) is 22.5 Å². The van der Waals surface area contributed by atoms with E-state index in [9.17, 15) is 4.79 Å². The Labute approximate surface area is 176 Å². The van der Waals surface area contributed by atoms with E-state index in [4.69, 9.17) is 16.1 Å². The van der Waals surface area contributed by atoms with Gasteiger partial charge >= 0.3 is 0 Å². The van der Waals surface area contributed by atoms with Gasteiger partial charge in [0.25, 0.3) is 5.56 Å². The van der Waals surface area contributed by atoms with Gasteiger partial charge < -0.3 is 9.51 Å². The van der Waals surface area contributed by atoms with Crippen molar-refractivity contribution in [2.45, 2.75) is 19.5 Å². The van der Waals surface area contributed by atoms with Gasteiger partial charge in [0.15, 0.2) is 5.76 Å². The highest BCUT2D eigenvalue weighted by molar-refractivity contribution is 6.30. The van der Waals surface area contributed by atoms with Gasteiger partial charge in [-0.2, -0.15) is 0 Å². The van der Waals surface area contributed by atoms with Crippen LogP contribution in [-0.4, -0.2) is 36.5 Å². The Balaban J connectivity index is 1.33. The minimum absolute atomic E-state index is 0.134. The summed E-state index contributed by atoms with van der Waals surface area (Å²) in [6, 6.07) is 9.33. The summed E-state index contributed by atoms with van der Waals surface area (Å²) in [6.45, 7) is 1.87. The summed E-state index contributed by atoms with van der Waals surface area (Å²) in [5, 5.41) is 4.85. The largest absolute Gasteiger partial charge is 0.356 e. The van der Waals surface area contributed by atoms with E-state index in [1.54, 1.807) is 12.4 Å². The number of halogens is 1. The zero-order valence-corrected chi connectivity index (χ0v) is 16.6. The van der Waals surface area contributed by atoms with Gasteiger partial charge in [-0.1, -0.05) is 16.8 Å². The summed E-state index contributed by atoms with van der Waals surface area (Å²) in [4.78, 5) is 30.3. The fraction of sp³-hybridized carbons (Fsp3) is 0.190. The van der Waals surface area contributed by atoms with Crippen LogP contribution >= 0.6 is 11.6 Å². The summed E-state index contributed by atoms with van der Waals surface area (Å²) in [5.41, 5.74) is 3.79. The standard InChI is InChI=1S/C21H17ClN6O2/c22-15-3-1-13(2-4-15)19-7-16(27-30-19)10-28-6-5-18-17(11-28)21(29)26-20(25-18)14-8-23-12-24-9-14/h1-4,7-9,12H,5-6,10-11H2,(H,25,26,29). The summed E-state index contributed by atoms with van der Waals surface area (Å²) >= 11 is 5.94. The zero-order chi connectivity index (χ0) is 20.5. The van der Waals surface area contributed by atoms with Crippen molar-refractivity contribution in [3.8, 4) is 22.7 Å². The van der Waals surface area contributed by atoms with E-state index in [1.165, 1.54) is 6.33 Å². The lowest BCUT2D eigenvalue weighted by Crippen LogP contribution is -2.35. The number of nitrogens with zero attached hydrogens (tertiary/aromatic N) is 5. The molecular formula is C21H17ClN6O2. The highest BCUT2D eigenvalue weighted by Crippen LogP contribution is 2.24. The lowest BCUT2D eigenvalue weighted by atomic mass is 10.1. The molecule has 0 atom stereocenters. The topological polar surface area (TPSA) is 101 Å². The van der Waals surface area contributed by atoms with Crippen molar-refractivity contribution >= 4 is 11.6 Å². The van der Waals surface area contributed by atoms with Crippen molar-refractivity contribution in [2.75, 3.05) is 6.54 Å². The second-order valence-corrected chi connectivity index (χ2v) is 7.55. The van der Waals surface area contributed by atoms with Crippen LogP contribution in [0.3, 0.4) is 0 Å². The number of aromatic nitrogens is 5. The Bertz CT molecular complexity index is 1240. The zero-order valence-electron chi connectivity index (χ0n) is 15.9. The van der Waals surface area contributed by atoms with Crippen LogP contribution in [0.2, 0.25) is 5.02 Å². The lowest BCUT2D eigenvalue weighted by Gasteiger charge is -2.26. The molecule has 0 unspecified atom stereocenters. The minimum Gasteiger partial charge on any atom is -0.356 e. The molecule has 30 heavy (non-hydrogen) atoms. The third-order valence-electron chi connectivity index (χ3n) is 5.05. The van der Waals surface area contributed by atoms with Crippen LogP contribution in [-0.2, 0) is 19.5 Å². The maximum absolute atomic E-state index is 12.7. The first-order valence-corrected chi connectivity index (χ1v) is 9.85. The van der Waals surface area contributed by atoms with Gasteiger partial charge in [-0.25, -0.2) is 15.0 Å². The fourth-order valence-electron chi connectivity index (χ4n) is 3.54. The molecule has 0 amide bonds. The molecule has 0 spiro atoms. The highest BCUT2D eigenvalue weighted by atomic mass is 35.5. The normalized spacial score (nSPS) is 13.9. The smallest absolute Gasteiger partial charge is 0.255 e. The molecule has 4 aromatic rings. The number of H-pyrrole nitrogens is 1. The number of nitrogens with one attached hydrogen (secondary N) is 1. The molecule has 9 heteroatoms. The molecule has 8 nitrogen and oxygen atoms in total. The number of rotatable bonds is 4. The van der Waals surface area contributed by atoms with Crippen LogP contribution in [0.4, 0.5) is 0 Å². The van der Waals surface area contributed by atoms with E-state index >= 15 is 0 Å². The van der Waals surface area contributed by atoms with E-state index in [-0.39, 0.29) is 5.56 Å². The number of aromatic amines is 1. The Kier molecular flexibility index (Phi) is 4.86. The van der Waals surface area contributed by atoms with Crippen molar-refractivity contribution in [1.29, 1.82) is 0 Å². The average molecular weight is 421 g/mol. The summed E-state index contributed by atoms with van der Waals surface area (Å²) < 4.78 is 5.48. The van der Waals surface area contributed by atoms with Gasteiger partial charge in [0.1, 0.15) is 12.2 Å². The fourth-order valence-corrected chi connectivity index (χ4v) is 3.67. The Morgan fingerprint density at radius 3 is 2.73 bits per heavy atom. The van der Waals surface area contributed by atoms with E-state index in [0.29, 0.717) is 47.2 Å². The van der Waals surface area contributed by atoms with Crippen molar-refractivity contribution in [1.82, 2.24) is 30.0 Å². The average Bonchev–Trinajstić information content (AvgIpc) is 3.23. The van der Waals surface area contributed by atoms with Crippen LogP contribution in [0.25, 0.3) is 22.7 Å². The second kappa shape index (κ2) is 7.81. The number of hydrogen-bond donors (Lipinski definition) is 1. The maximum Gasteiger partial charge on any atom is 0.255 e. The second-order valence-electron chi connectivity index (χ2n) is 7.12. The first-order chi connectivity index (χ1) is 14.7. The molecule has 0 radical (unpaired) electrons. The summed E-state index contributed by atoms with van der Waals surface area (Å²) in [7, 11) is 0. The van der Waals surface area contributed by atoms with E-state index < -0.39 is 0 Å². The van der Waals surface area contributed by atoms with Crippen LogP contribution in [0.15, 0.2) is 58.4 Å². The third kappa shape index (κ3) is 3.74. The molecule has 5 rings (SSSR count). The predicted molar refractivity (Wildman–Crippen MR) is 111 cm³/mol. The third-order valence-corrected chi connectivity index (χ3v) is 5.31. The molecule has 0 fully saturated rings. The van der Waals surface area contributed by atoms with Crippen LogP contribution in [0.5, 0.6) is 0 Å². The number of benzene rings is 1. The van der Waals surface area contributed by atoms with E-state index in [0.717, 1.165) is 23.5 Å². The van der Waals surface area contributed by atoms with Gasteiger partial charge in [0.2, 0.25) is 0 Å². The van der Waals surface area contributed by atoms with Gasteiger partial charge in [0, 0.05) is 55.1 Å². The van der Waals surface area contributed by atoms with Crippen LogP contribution < -0.4 is 5.56 Å². The molecular weight excluding hydrogens is 404 g/mol. The quantitative estimate of drug-likeness (QED) is 0.541. The summed E-state index contributed by atoms with van der Waals surface area (Å²) in [6.07, 6.45) is 5.40. The van der Waals surface area contributed by atoms with Crippen LogP contribution in [0.1, 0.15) is 17.0 Å². The maximum atomic E-state index is 12.7. The van der Waals surface area contributed by atoms with Crippen molar-refractivity contribution in [3.63, 3.8) is 0 Å². The minimum atomic E-state index is -0.134. The van der Waals surface area contributed by atoms with Gasteiger partial charge in [-0.3, -0.25) is 9.69 Å². The molecule has 150 valence electrons. The number of hydrogen-bond acceptors (Lipinski definition) is 7. The molecule has 1 aromatic carbocycles. The predicted octanol–water partition coefficient (Wildman–Crippen LogP) is 3.09. The monoisotopic (exact) mass is 420 g/mol. The van der Waals surface area contributed by atoms with Crippen LogP contribution in [0, 0.1) is 0 Å². The summed E-state index contributed by atoms with van der Waals surface area (Å²) in [5.74, 6) is 1.19. The van der Waals surface area contributed by atoms with E-state index in [2.05, 4.69) is 30.0 Å². The lowest BCUT2D eigenvalue weighted by molar-refractivity contribution is 0.234. The van der Waals surface area contributed by atoms with Crippen molar-refractivity contribution in [3.05, 3.63) is 81.4 Å². The molecule has 4 heterocycles. The molecule has 0 saturated heterocycles. The van der Waals surface area contributed by atoms with Crippen molar-refractivity contribution in [2.24, 2.45) is 0 Å². The Morgan fingerprint density at radius 2 is 1.93 bits per heavy atom. The highest BCUT2D eigenvalue weighted by Gasteiger charge is 2.22. The molecule has 0 saturated carbocycles. The van der Waals surface area contributed by atoms with Crippen molar-refractivity contribution < 1.29 is 4.52 Å². The number of fused-ring (bicyclic) bond motifs is 1. The SMILES string of the molecule is O=c1[nH]c(-c2cncnc2)nc2c1CN(Cc1cc(-c3ccc(Cl)cc3)on1)CC2. The molecule has 0 bridgehead atoms. The first-order valence-electron chi connectivity index (χ1n) is 9.47. The van der Waals surface area contributed by atoms with Gasteiger partial charge in [-0.05, 0) is 24.3 Å². The molecule has 3 aromatic heterocycles. The molecule has 1 aliphatic heterocycles. The first kappa shape index (κ1) is 18.7. The Morgan fingerprint density at radius 1 is 1.13 bits per heavy atom. The van der Waals surface area contributed by atoms with Gasteiger partial charge in [-0.15, -0.1) is 0 Å². The van der Waals surface area contributed by atoms with E-state index in [1.807, 2.05) is 30.3 Å². The molecule has 1 aliphatic rings. The Hall–Kier alpha value is -3.36. The molecule has 1 N–H and O–H groups in total. The molecule has 0 aliphatic carbocycles.